The highest BCUT2D eigenvalue weighted by atomic mass is 16.2. The Morgan fingerprint density at radius 2 is 1.02 bits per heavy atom. The molecular formula is C28H30N8O4. The quantitative estimate of drug-likeness (QED) is 0.167. The van der Waals surface area contributed by atoms with Crippen molar-refractivity contribution in [1.29, 1.82) is 0 Å². The second-order valence-electron chi connectivity index (χ2n) is 9.52. The fraction of sp³-hybridized carbons (Fsp3) is 0.214. The predicted molar refractivity (Wildman–Crippen MR) is 153 cm³/mol. The molecule has 0 bridgehead atoms. The van der Waals surface area contributed by atoms with E-state index in [2.05, 4.69) is 31.3 Å². The summed E-state index contributed by atoms with van der Waals surface area (Å²) in [6.45, 7) is 11.3. The second kappa shape index (κ2) is 11.2. The van der Waals surface area contributed by atoms with Crippen molar-refractivity contribution in [2.45, 2.75) is 41.5 Å². The predicted octanol–water partition coefficient (Wildman–Crippen LogP) is 2.10. The van der Waals surface area contributed by atoms with Gasteiger partial charge in [-0.1, -0.05) is 12.1 Å². The van der Waals surface area contributed by atoms with Crippen molar-refractivity contribution in [2.75, 3.05) is 0 Å². The summed E-state index contributed by atoms with van der Waals surface area (Å²) in [6.07, 6.45) is 2.33. The van der Waals surface area contributed by atoms with E-state index in [1.165, 1.54) is 21.8 Å². The Hall–Kier alpha value is -5.26. The Balaban J connectivity index is 1.40. The van der Waals surface area contributed by atoms with Crippen molar-refractivity contribution < 1.29 is 9.59 Å². The van der Waals surface area contributed by atoms with Crippen LogP contribution in [0.4, 0.5) is 0 Å². The van der Waals surface area contributed by atoms with Gasteiger partial charge in [-0.3, -0.25) is 29.4 Å². The SMILES string of the molecule is Cc1ccc(-n2[nH]c(C)c(/C=N/NC(=O)C(=O)N/N=C/c3c(C)[nH]n(-c4ccc(C)c(C)c4)c3=O)c2=O)cc1C. The lowest BCUT2D eigenvalue weighted by molar-refractivity contribution is -0.139. The lowest BCUT2D eigenvalue weighted by atomic mass is 10.1. The van der Waals surface area contributed by atoms with Crippen LogP contribution in [0.3, 0.4) is 0 Å². The molecule has 0 radical (unpaired) electrons. The zero-order valence-corrected chi connectivity index (χ0v) is 23.0. The van der Waals surface area contributed by atoms with Crippen LogP contribution in [-0.4, -0.2) is 43.8 Å². The van der Waals surface area contributed by atoms with Crippen molar-refractivity contribution in [3.8, 4) is 11.4 Å². The maximum atomic E-state index is 12.9. The third-order valence-electron chi connectivity index (χ3n) is 6.66. The fourth-order valence-electron chi connectivity index (χ4n) is 3.93. The molecule has 2 amide bonds. The van der Waals surface area contributed by atoms with Gasteiger partial charge in [-0.2, -0.15) is 10.2 Å². The molecule has 0 aliphatic heterocycles. The molecule has 12 nitrogen and oxygen atoms in total. The van der Waals surface area contributed by atoms with Crippen molar-refractivity contribution in [2.24, 2.45) is 10.2 Å². The summed E-state index contributed by atoms with van der Waals surface area (Å²) in [5.41, 5.74) is 10.5. The van der Waals surface area contributed by atoms with E-state index >= 15 is 0 Å². The van der Waals surface area contributed by atoms with E-state index < -0.39 is 11.8 Å². The molecule has 0 fully saturated rings. The van der Waals surface area contributed by atoms with Crippen LogP contribution in [-0.2, 0) is 9.59 Å². The van der Waals surface area contributed by atoms with Gasteiger partial charge in [0.15, 0.2) is 0 Å². The number of aromatic nitrogens is 4. The summed E-state index contributed by atoms with van der Waals surface area (Å²) in [5, 5.41) is 13.4. The van der Waals surface area contributed by atoms with Gasteiger partial charge >= 0.3 is 11.8 Å². The monoisotopic (exact) mass is 542 g/mol. The van der Waals surface area contributed by atoms with Crippen LogP contribution in [0.15, 0.2) is 56.2 Å². The van der Waals surface area contributed by atoms with Gasteiger partial charge in [-0.25, -0.2) is 20.2 Å². The molecule has 0 saturated carbocycles. The molecule has 0 saturated heterocycles. The van der Waals surface area contributed by atoms with Crippen molar-refractivity contribution in [1.82, 2.24) is 30.4 Å². The van der Waals surface area contributed by atoms with Crippen molar-refractivity contribution >= 4 is 24.2 Å². The summed E-state index contributed by atoms with van der Waals surface area (Å²) in [4.78, 5) is 50.0. The highest BCUT2D eigenvalue weighted by molar-refractivity contribution is 6.35. The maximum absolute atomic E-state index is 12.9. The van der Waals surface area contributed by atoms with Gasteiger partial charge in [0, 0.05) is 11.4 Å². The number of aromatic amines is 2. The van der Waals surface area contributed by atoms with Crippen molar-refractivity contribution in [3.05, 3.63) is 102 Å². The number of hydrogen-bond acceptors (Lipinski definition) is 6. The highest BCUT2D eigenvalue weighted by Crippen LogP contribution is 2.14. The summed E-state index contributed by atoms with van der Waals surface area (Å²) in [6, 6.07) is 11.2. The van der Waals surface area contributed by atoms with Crippen LogP contribution in [0, 0.1) is 41.5 Å². The first-order chi connectivity index (χ1) is 19.0. The number of nitrogens with zero attached hydrogens (tertiary/aromatic N) is 4. The van der Waals surface area contributed by atoms with E-state index in [1.807, 2.05) is 64.1 Å². The van der Waals surface area contributed by atoms with Crippen LogP contribution in [0.5, 0.6) is 0 Å². The summed E-state index contributed by atoms with van der Waals surface area (Å²) >= 11 is 0. The normalized spacial score (nSPS) is 11.4. The molecule has 4 aromatic rings. The molecule has 0 aliphatic rings. The fourth-order valence-corrected chi connectivity index (χ4v) is 3.93. The topological polar surface area (TPSA) is 158 Å². The lowest BCUT2D eigenvalue weighted by Gasteiger charge is -2.05. The standard InChI is InChI=1S/C28H30N8O4/c1-15-7-9-21(11-17(15)3)35-27(39)23(19(5)33-35)13-29-31-25(37)26(38)32-30-14-24-20(6)34-36(28(24)40)22-10-8-16(2)18(4)12-22/h7-14,33-34H,1-6H3,(H,31,37)(H,32,38)/b29-13+,30-14+. The third kappa shape index (κ3) is 5.60. The van der Waals surface area contributed by atoms with Gasteiger partial charge in [0.1, 0.15) is 0 Å². The van der Waals surface area contributed by atoms with Gasteiger partial charge in [0.25, 0.3) is 11.1 Å². The van der Waals surface area contributed by atoms with E-state index in [4.69, 9.17) is 0 Å². The molecule has 40 heavy (non-hydrogen) atoms. The number of carbonyl (C=O) groups excluding carboxylic acids is 2. The number of benzene rings is 2. The summed E-state index contributed by atoms with van der Waals surface area (Å²) in [5.74, 6) is -2.20. The molecular weight excluding hydrogens is 512 g/mol. The molecule has 206 valence electrons. The smallest absolute Gasteiger partial charge is 0.295 e. The van der Waals surface area contributed by atoms with Crippen LogP contribution >= 0.6 is 0 Å². The molecule has 0 aliphatic carbocycles. The van der Waals surface area contributed by atoms with E-state index in [1.54, 1.807) is 13.8 Å². The number of hydrogen-bond donors (Lipinski definition) is 4. The van der Waals surface area contributed by atoms with E-state index in [0.29, 0.717) is 22.8 Å². The van der Waals surface area contributed by atoms with Crippen LogP contribution in [0.1, 0.15) is 44.8 Å². The number of carbonyl (C=O) groups is 2. The van der Waals surface area contributed by atoms with Crippen molar-refractivity contribution in [3.63, 3.8) is 0 Å². The maximum Gasteiger partial charge on any atom is 0.331 e. The Morgan fingerprint density at radius 1 is 0.650 bits per heavy atom. The summed E-state index contributed by atoms with van der Waals surface area (Å²) in [7, 11) is 0. The van der Waals surface area contributed by atoms with Crippen LogP contribution in [0.25, 0.3) is 11.4 Å². The van der Waals surface area contributed by atoms with E-state index in [9.17, 15) is 19.2 Å². The largest absolute Gasteiger partial charge is 0.331 e. The number of aryl methyl sites for hydroxylation is 6. The van der Waals surface area contributed by atoms with Gasteiger partial charge < -0.3 is 0 Å². The second-order valence-corrected chi connectivity index (χ2v) is 9.52. The molecule has 0 unspecified atom stereocenters. The Labute approximate surface area is 229 Å². The minimum Gasteiger partial charge on any atom is -0.295 e. The first-order valence-corrected chi connectivity index (χ1v) is 12.4. The van der Waals surface area contributed by atoms with Gasteiger partial charge in [0.2, 0.25) is 0 Å². The average Bonchev–Trinajstić information content (AvgIpc) is 3.36. The van der Waals surface area contributed by atoms with E-state index in [0.717, 1.165) is 22.3 Å². The number of nitrogens with one attached hydrogen (secondary N) is 4. The molecule has 0 atom stereocenters. The van der Waals surface area contributed by atoms with Crippen LogP contribution < -0.4 is 22.0 Å². The molecule has 12 heteroatoms. The minimum absolute atomic E-state index is 0.222. The Morgan fingerprint density at radius 3 is 1.38 bits per heavy atom. The van der Waals surface area contributed by atoms with Crippen LogP contribution in [0.2, 0.25) is 0 Å². The number of amides is 2. The Kier molecular flexibility index (Phi) is 7.80. The zero-order chi connectivity index (χ0) is 29.1. The molecule has 0 spiro atoms. The first kappa shape index (κ1) is 27.8. The summed E-state index contributed by atoms with van der Waals surface area (Å²) < 4.78 is 2.76. The average molecular weight is 543 g/mol. The molecule has 4 N–H and O–H groups in total. The molecule has 4 rings (SSSR count). The Bertz CT molecular complexity index is 1670. The number of rotatable bonds is 6. The first-order valence-electron chi connectivity index (χ1n) is 12.4. The zero-order valence-electron chi connectivity index (χ0n) is 23.0. The van der Waals surface area contributed by atoms with Gasteiger partial charge in [0.05, 0.1) is 34.9 Å². The number of H-pyrrole nitrogens is 2. The minimum atomic E-state index is -1.10. The van der Waals surface area contributed by atoms with Gasteiger partial charge in [-0.05, 0) is 88.1 Å². The number of hydrazone groups is 2. The van der Waals surface area contributed by atoms with Gasteiger partial charge in [-0.15, -0.1) is 0 Å². The molecule has 2 aromatic carbocycles. The third-order valence-corrected chi connectivity index (χ3v) is 6.66. The molecule has 2 heterocycles. The molecule has 2 aromatic heterocycles. The highest BCUT2D eigenvalue weighted by Gasteiger charge is 2.15. The van der Waals surface area contributed by atoms with E-state index in [-0.39, 0.29) is 22.2 Å². The lowest BCUT2D eigenvalue weighted by Crippen LogP contribution is -2.35.